The third kappa shape index (κ3) is 3.68. The van der Waals surface area contributed by atoms with Crippen molar-refractivity contribution in [1.82, 2.24) is 4.98 Å². The molecular formula is C17H11BrF2N2OS. The molecule has 3 aromatic rings. The van der Waals surface area contributed by atoms with E-state index in [9.17, 15) is 13.6 Å². The number of hydrogen-bond donors (Lipinski definition) is 1. The Morgan fingerprint density at radius 3 is 2.67 bits per heavy atom. The van der Waals surface area contributed by atoms with Crippen LogP contribution in [0.5, 0.6) is 0 Å². The molecule has 1 amide bonds. The van der Waals surface area contributed by atoms with Crippen molar-refractivity contribution in [2.24, 2.45) is 0 Å². The number of benzene rings is 2. The molecule has 0 saturated heterocycles. The monoisotopic (exact) mass is 408 g/mol. The highest BCUT2D eigenvalue weighted by Gasteiger charge is 2.12. The summed E-state index contributed by atoms with van der Waals surface area (Å²) in [5.41, 5.74) is 2.38. The number of amides is 1. The summed E-state index contributed by atoms with van der Waals surface area (Å²) >= 11 is 4.57. The van der Waals surface area contributed by atoms with E-state index in [0.717, 1.165) is 22.2 Å². The second kappa shape index (κ2) is 6.78. The van der Waals surface area contributed by atoms with Crippen LogP contribution in [0.25, 0.3) is 11.3 Å². The number of rotatable bonds is 3. The van der Waals surface area contributed by atoms with Gasteiger partial charge in [-0.2, -0.15) is 0 Å². The molecule has 1 heterocycles. The van der Waals surface area contributed by atoms with Gasteiger partial charge in [0, 0.05) is 21.0 Å². The molecule has 0 aliphatic heterocycles. The van der Waals surface area contributed by atoms with Gasteiger partial charge in [-0.15, -0.1) is 11.3 Å². The molecule has 0 unspecified atom stereocenters. The second-order valence-corrected chi connectivity index (χ2v) is 6.91. The van der Waals surface area contributed by atoms with Crippen LogP contribution < -0.4 is 5.32 Å². The van der Waals surface area contributed by atoms with Crippen LogP contribution in [0.3, 0.4) is 0 Å². The minimum absolute atomic E-state index is 0.286. The van der Waals surface area contributed by atoms with Gasteiger partial charge >= 0.3 is 0 Å². The number of nitrogens with one attached hydrogen (secondary N) is 1. The highest BCUT2D eigenvalue weighted by Crippen LogP contribution is 2.26. The first-order valence-corrected chi connectivity index (χ1v) is 8.59. The maximum absolute atomic E-state index is 13.3. The lowest BCUT2D eigenvalue weighted by Gasteiger charge is -2.04. The number of anilines is 1. The normalized spacial score (nSPS) is 10.7. The maximum atomic E-state index is 13.3. The lowest BCUT2D eigenvalue weighted by Crippen LogP contribution is -2.11. The number of thiazole rings is 1. The summed E-state index contributed by atoms with van der Waals surface area (Å²) in [5, 5.41) is 4.77. The Balaban J connectivity index is 1.80. The number of nitrogens with zero attached hydrogens (tertiary/aromatic N) is 1. The van der Waals surface area contributed by atoms with Crippen LogP contribution in [-0.2, 0) is 0 Å². The summed E-state index contributed by atoms with van der Waals surface area (Å²) in [4.78, 5) is 16.5. The minimum atomic E-state index is -0.935. The second-order valence-electron chi connectivity index (χ2n) is 5.14. The fraction of sp³-hybridized carbons (Fsp3) is 0.0588. The number of aromatic nitrogens is 1. The van der Waals surface area contributed by atoms with Gasteiger partial charge < -0.3 is 0 Å². The number of carbonyl (C=O) groups excluding carboxylic acids is 1. The van der Waals surface area contributed by atoms with Gasteiger partial charge in [0.1, 0.15) is 0 Å². The van der Waals surface area contributed by atoms with Crippen molar-refractivity contribution in [1.29, 1.82) is 0 Å². The Bertz CT molecular complexity index is 906. The lowest BCUT2D eigenvalue weighted by molar-refractivity contribution is 0.102. The first kappa shape index (κ1) is 16.7. The number of carbonyl (C=O) groups is 1. The van der Waals surface area contributed by atoms with Gasteiger partial charge in [-0.3, -0.25) is 10.1 Å². The van der Waals surface area contributed by atoms with E-state index in [4.69, 9.17) is 0 Å². The van der Waals surface area contributed by atoms with Crippen molar-refractivity contribution in [3.63, 3.8) is 0 Å². The summed E-state index contributed by atoms with van der Waals surface area (Å²) in [7, 11) is 0. The number of aryl methyl sites for hydroxylation is 1. The number of halogens is 3. The fourth-order valence-electron chi connectivity index (χ4n) is 2.16. The Kier molecular flexibility index (Phi) is 4.73. The SMILES string of the molecule is Cc1cc(Br)cc(C(=O)Nc2nc(-c3ccc(F)c(F)c3)cs2)c1. The van der Waals surface area contributed by atoms with Gasteiger partial charge in [0.05, 0.1) is 5.69 Å². The molecule has 122 valence electrons. The molecule has 0 aliphatic rings. The van der Waals surface area contributed by atoms with Crippen LogP contribution in [0.15, 0.2) is 46.3 Å². The van der Waals surface area contributed by atoms with Crippen molar-refractivity contribution < 1.29 is 13.6 Å². The summed E-state index contributed by atoms with van der Waals surface area (Å²) in [6.45, 7) is 1.89. The zero-order valence-electron chi connectivity index (χ0n) is 12.4. The molecule has 3 nitrogen and oxygen atoms in total. The third-order valence-electron chi connectivity index (χ3n) is 3.24. The van der Waals surface area contributed by atoms with Crippen molar-refractivity contribution in [3.05, 3.63) is 69.0 Å². The molecule has 0 bridgehead atoms. The first-order chi connectivity index (χ1) is 11.4. The molecule has 0 spiro atoms. The molecule has 2 aromatic carbocycles. The third-order valence-corrected chi connectivity index (χ3v) is 4.46. The van der Waals surface area contributed by atoms with Crippen LogP contribution >= 0.6 is 27.3 Å². The Labute approximate surface area is 149 Å². The lowest BCUT2D eigenvalue weighted by atomic mass is 10.1. The summed E-state index contributed by atoms with van der Waals surface area (Å²) in [6.07, 6.45) is 0. The zero-order chi connectivity index (χ0) is 17.3. The standard InChI is InChI=1S/C17H11BrF2N2OS/c1-9-4-11(6-12(18)5-9)16(23)22-17-21-15(8-24-17)10-2-3-13(19)14(20)7-10/h2-8H,1H3,(H,21,22,23). The predicted octanol–water partition coefficient (Wildman–Crippen LogP) is 5.41. The van der Waals surface area contributed by atoms with E-state index < -0.39 is 11.6 Å². The van der Waals surface area contributed by atoms with E-state index in [1.807, 2.05) is 13.0 Å². The van der Waals surface area contributed by atoms with E-state index in [2.05, 4.69) is 26.2 Å². The van der Waals surface area contributed by atoms with Crippen LogP contribution in [-0.4, -0.2) is 10.9 Å². The van der Waals surface area contributed by atoms with Gasteiger partial charge in [0.25, 0.3) is 5.91 Å². The molecule has 3 rings (SSSR count). The van der Waals surface area contributed by atoms with Crippen molar-refractivity contribution in [3.8, 4) is 11.3 Å². The van der Waals surface area contributed by atoms with E-state index in [-0.39, 0.29) is 5.91 Å². The highest BCUT2D eigenvalue weighted by atomic mass is 79.9. The average molecular weight is 409 g/mol. The van der Waals surface area contributed by atoms with E-state index in [0.29, 0.717) is 22.0 Å². The molecule has 24 heavy (non-hydrogen) atoms. The Morgan fingerprint density at radius 2 is 1.96 bits per heavy atom. The van der Waals surface area contributed by atoms with Gasteiger partial charge in [-0.1, -0.05) is 15.9 Å². The molecule has 0 atom stereocenters. The van der Waals surface area contributed by atoms with E-state index in [1.165, 1.54) is 17.4 Å². The number of hydrogen-bond acceptors (Lipinski definition) is 3. The van der Waals surface area contributed by atoms with Crippen molar-refractivity contribution in [2.75, 3.05) is 5.32 Å². The fourth-order valence-corrected chi connectivity index (χ4v) is 3.48. The molecule has 0 radical (unpaired) electrons. The predicted molar refractivity (Wildman–Crippen MR) is 94.3 cm³/mol. The molecule has 0 fully saturated rings. The van der Waals surface area contributed by atoms with Crippen LogP contribution in [0.4, 0.5) is 13.9 Å². The molecule has 0 aliphatic carbocycles. The summed E-state index contributed by atoms with van der Waals surface area (Å²) < 4.78 is 27.1. The average Bonchev–Trinajstić information content (AvgIpc) is 2.97. The quantitative estimate of drug-likeness (QED) is 0.629. The topological polar surface area (TPSA) is 42.0 Å². The Hall–Kier alpha value is -2.12. The Morgan fingerprint density at radius 1 is 1.17 bits per heavy atom. The van der Waals surface area contributed by atoms with E-state index >= 15 is 0 Å². The van der Waals surface area contributed by atoms with Crippen molar-refractivity contribution in [2.45, 2.75) is 6.92 Å². The van der Waals surface area contributed by atoms with Gasteiger partial charge in [0.2, 0.25) is 0 Å². The van der Waals surface area contributed by atoms with Gasteiger partial charge in [0.15, 0.2) is 16.8 Å². The summed E-state index contributed by atoms with van der Waals surface area (Å²) in [6, 6.07) is 8.95. The molecule has 1 aromatic heterocycles. The van der Waals surface area contributed by atoms with Crippen molar-refractivity contribution >= 4 is 38.3 Å². The maximum Gasteiger partial charge on any atom is 0.257 e. The summed E-state index contributed by atoms with van der Waals surface area (Å²) in [5.74, 6) is -2.13. The smallest absolute Gasteiger partial charge is 0.257 e. The largest absolute Gasteiger partial charge is 0.298 e. The van der Waals surface area contributed by atoms with Gasteiger partial charge in [-0.05, 0) is 48.9 Å². The van der Waals surface area contributed by atoms with E-state index in [1.54, 1.807) is 17.5 Å². The highest BCUT2D eigenvalue weighted by molar-refractivity contribution is 9.10. The van der Waals surface area contributed by atoms with Crippen LogP contribution in [0.1, 0.15) is 15.9 Å². The molecule has 1 N–H and O–H groups in total. The van der Waals surface area contributed by atoms with Crippen LogP contribution in [0, 0.1) is 18.6 Å². The molecule has 0 saturated carbocycles. The van der Waals surface area contributed by atoms with Gasteiger partial charge in [-0.25, -0.2) is 13.8 Å². The molecular weight excluding hydrogens is 398 g/mol. The van der Waals surface area contributed by atoms with Crippen LogP contribution in [0.2, 0.25) is 0 Å². The minimum Gasteiger partial charge on any atom is -0.298 e. The first-order valence-electron chi connectivity index (χ1n) is 6.92. The zero-order valence-corrected chi connectivity index (χ0v) is 14.8. The molecule has 7 heteroatoms.